The van der Waals surface area contributed by atoms with E-state index in [0.717, 1.165) is 33.7 Å². The molecule has 2 aromatic heterocycles. The van der Waals surface area contributed by atoms with Crippen molar-refractivity contribution in [3.63, 3.8) is 0 Å². The van der Waals surface area contributed by atoms with E-state index in [4.69, 9.17) is 4.98 Å². The normalized spacial score (nSPS) is 11.2. The van der Waals surface area contributed by atoms with Gasteiger partial charge in [0.25, 0.3) is 0 Å². The third-order valence-electron chi connectivity index (χ3n) is 4.05. The molecule has 0 aliphatic rings. The molecule has 0 spiro atoms. The van der Waals surface area contributed by atoms with Crippen LogP contribution in [0.3, 0.4) is 0 Å². The smallest absolute Gasteiger partial charge is 0.159 e. The molecule has 0 saturated heterocycles. The van der Waals surface area contributed by atoms with Gasteiger partial charge in [-0.15, -0.1) is 0 Å². The number of benzene rings is 2. The van der Waals surface area contributed by atoms with Crippen molar-refractivity contribution in [3.8, 4) is 22.6 Å². The molecule has 2 N–H and O–H groups in total. The zero-order valence-corrected chi connectivity index (χ0v) is 12.5. The Labute approximate surface area is 128 Å². The van der Waals surface area contributed by atoms with Crippen LogP contribution in [0.15, 0.2) is 48.7 Å². The zero-order valence-electron chi connectivity index (χ0n) is 12.5. The third kappa shape index (κ3) is 2.00. The van der Waals surface area contributed by atoms with Crippen molar-refractivity contribution in [1.29, 1.82) is 0 Å². The number of hydrogen-bond donors (Lipinski definition) is 2. The summed E-state index contributed by atoms with van der Waals surface area (Å²) in [5.41, 5.74) is 7.54. The molecule has 0 unspecified atom stereocenters. The molecule has 4 aromatic rings. The monoisotopic (exact) mass is 288 g/mol. The average molecular weight is 288 g/mol. The Balaban J connectivity index is 1.88. The first-order valence-corrected chi connectivity index (χ1v) is 7.29. The van der Waals surface area contributed by atoms with Crippen LogP contribution >= 0.6 is 0 Å². The fraction of sp³-hybridized carbons (Fsp3) is 0.111. The maximum atomic E-state index is 4.71. The third-order valence-corrected chi connectivity index (χ3v) is 4.05. The van der Waals surface area contributed by atoms with Crippen molar-refractivity contribution in [2.24, 2.45) is 0 Å². The maximum Gasteiger partial charge on any atom is 0.159 e. The molecular weight excluding hydrogens is 272 g/mol. The van der Waals surface area contributed by atoms with Crippen LogP contribution in [-0.4, -0.2) is 20.2 Å². The fourth-order valence-corrected chi connectivity index (χ4v) is 2.69. The topological polar surface area (TPSA) is 57.4 Å². The largest absolute Gasteiger partial charge is 0.337 e. The van der Waals surface area contributed by atoms with Crippen LogP contribution in [0.5, 0.6) is 0 Å². The van der Waals surface area contributed by atoms with E-state index < -0.39 is 0 Å². The second-order valence-electron chi connectivity index (χ2n) is 5.55. The Bertz CT molecular complexity index is 909. The SMILES string of the molecule is Cc1cc2nc(-c3n[nH]cc3-c3ccccc3)[nH]c2cc1C. The number of nitrogens with one attached hydrogen (secondary N) is 2. The lowest BCUT2D eigenvalue weighted by atomic mass is 10.1. The molecule has 0 amide bonds. The molecule has 0 fully saturated rings. The number of aromatic nitrogens is 4. The van der Waals surface area contributed by atoms with Crippen LogP contribution < -0.4 is 0 Å². The second kappa shape index (κ2) is 4.84. The molecule has 4 nitrogen and oxygen atoms in total. The molecule has 108 valence electrons. The molecule has 0 aliphatic heterocycles. The zero-order chi connectivity index (χ0) is 15.1. The summed E-state index contributed by atoms with van der Waals surface area (Å²) in [6.45, 7) is 4.21. The highest BCUT2D eigenvalue weighted by atomic mass is 15.1. The van der Waals surface area contributed by atoms with Gasteiger partial charge in [-0.1, -0.05) is 30.3 Å². The average Bonchev–Trinajstić information content (AvgIpc) is 3.15. The van der Waals surface area contributed by atoms with E-state index in [-0.39, 0.29) is 0 Å². The minimum Gasteiger partial charge on any atom is -0.337 e. The van der Waals surface area contributed by atoms with Gasteiger partial charge in [0.2, 0.25) is 0 Å². The van der Waals surface area contributed by atoms with Gasteiger partial charge in [-0.25, -0.2) is 4.98 Å². The predicted molar refractivity (Wildman–Crippen MR) is 88.6 cm³/mol. The molecule has 4 heteroatoms. The van der Waals surface area contributed by atoms with Gasteiger partial charge in [-0.05, 0) is 42.7 Å². The molecule has 0 aliphatic carbocycles. The van der Waals surface area contributed by atoms with Gasteiger partial charge in [-0.3, -0.25) is 5.10 Å². The quantitative estimate of drug-likeness (QED) is 0.579. The fourth-order valence-electron chi connectivity index (χ4n) is 2.69. The van der Waals surface area contributed by atoms with Crippen molar-refractivity contribution in [2.75, 3.05) is 0 Å². The Hall–Kier alpha value is -2.88. The summed E-state index contributed by atoms with van der Waals surface area (Å²) >= 11 is 0. The Kier molecular flexibility index (Phi) is 2.82. The van der Waals surface area contributed by atoms with Gasteiger partial charge < -0.3 is 4.98 Å². The van der Waals surface area contributed by atoms with E-state index in [9.17, 15) is 0 Å². The standard InChI is InChI=1S/C18H16N4/c1-11-8-15-16(9-12(11)2)21-18(20-15)17-14(10-19-22-17)13-6-4-3-5-7-13/h3-10H,1-2H3,(H,19,22)(H,20,21). The molecule has 0 saturated carbocycles. The van der Waals surface area contributed by atoms with Crippen LogP contribution in [0.25, 0.3) is 33.7 Å². The van der Waals surface area contributed by atoms with E-state index >= 15 is 0 Å². The minimum absolute atomic E-state index is 0.792. The Morgan fingerprint density at radius 2 is 1.73 bits per heavy atom. The number of hydrogen-bond acceptors (Lipinski definition) is 2. The highest BCUT2D eigenvalue weighted by Crippen LogP contribution is 2.30. The van der Waals surface area contributed by atoms with Crippen LogP contribution in [0.1, 0.15) is 11.1 Å². The molecule has 0 radical (unpaired) electrons. The van der Waals surface area contributed by atoms with E-state index in [2.05, 4.69) is 53.3 Å². The van der Waals surface area contributed by atoms with Crippen LogP contribution in [-0.2, 0) is 0 Å². The maximum absolute atomic E-state index is 4.71. The van der Waals surface area contributed by atoms with Gasteiger partial charge in [0.05, 0.1) is 11.0 Å². The van der Waals surface area contributed by atoms with Gasteiger partial charge in [0.1, 0.15) is 5.69 Å². The van der Waals surface area contributed by atoms with E-state index in [1.165, 1.54) is 11.1 Å². The predicted octanol–water partition coefficient (Wildman–Crippen LogP) is 4.24. The van der Waals surface area contributed by atoms with Crippen molar-refractivity contribution in [2.45, 2.75) is 13.8 Å². The lowest BCUT2D eigenvalue weighted by molar-refractivity contribution is 1.08. The number of imidazole rings is 1. The van der Waals surface area contributed by atoms with Gasteiger partial charge in [0, 0.05) is 11.8 Å². The number of aromatic amines is 2. The molecule has 2 heterocycles. The van der Waals surface area contributed by atoms with Gasteiger partial charge in [0.15, 0.2) is 5.82 Å². The summed E-state index contributed by atoms with van der Waals surface area (Å²) in [7, 11) is 0. The summed E-state index contributed by atoms with van der Waals surface area (Å²) < 4.78 is 0. The summed E-state index contributed by atoms with van der Waals surface area (Å²) in [4.78, 5) is 8.09. The van der Waals surface area contributed by atoms with E-state index in [1.807, 2.05) is 24.4 Å². The summed E-state index contributed by atoms with van der Waals surface area (Å²) in [5, 5.41) is 7.34. The first kappa shape index (κ1) is 12.8. The highest BCUT2D eigenvalue weighted by molar-refractivity contribution is 5.84. The molecule has 2 aromatic carbocycles. The molecule has 22 heavy (non-hydrogen) atoms. The first-order chi connectivity index (χ1) is 10.7. The molecule has 0 atom stereocenters. The number of aryl methyl sites for hydroxylation is 2. The number of H-pyrrole nitrogens is 2. The lowest BCUT2D eigenvalue weighted by Gasteiger charge is -1.99. The lowest BCUT2D eigenvalue weighted by Crippen LogP contribution is -1.84. The molecular formula is C18H16N4. The van der Waals surface area contributed by atoms with Crippen LogP contribution in [0, 0.1) is 13.8 Å². The van der Waals surface area contributed by atoms with Crippen LogP contribution in [0.4, 0.5) is 0 Å². The Morgan fingerprint density at radius 3 is 2.55 bits per heavy atom. The van der Waals surface area contributed by atoms with Crippen molar-refractivity contribution in [3.05, 3.63) is 59.8 Å². The molecule has 4 rings (SSSR count). The minimum atomic E-state index is 0.792. The van der Waals surface area contributed by atoms with E-state index in [1.54, 1.807) is 0 Å². The van der Waals surface area contributed by atoms with Crippen LogP contribution in [0.2, 0.25) is 0 Å². The second-order valence-corrected chi connectivity index (χ2v) is 5.55. The number of nitrogens with zero attached hydrogens (tertiary/aromatic N) is 2. The van der Waals surface area contributed by atoms with Gasteiger partial charge in [-0.2, -0.15) is 5.10 Å². The number of fused-ring (bicyclic) bond motifs is 1. The van der Waals surface area contributed by atoms with Crippen molar-refractivity contribution in [1.82, 2.24) is 20.2 Å². The summed E-state index contributed by atoms with van der Waals surface area (Å²) in [6.07, 6.45) is 1.91. The summed E-state index contributed by atoms with van der Waals surface area (Å²) in [6, 6.07) is 14.5. The summed E-state index contributed by atoms with van der Waals surface area (Å²) in [5.74, 6) is 0.792. The van der Waals surface area contributed by atoms with E-state index in [0.29, 0.717) is 0 Å². The highest BCUT2D eigenvalue weighted by Gasteiger charge is 2.14. The Morgan fingerprint density at radius 1 is 0.955 bits per heavy atom. The van der Waals surface area contributed by atoms with Gasteiger partial charge >= 0.3 is 0 Å². The first-order valence-electron chi connectivity index (χ1n) is 7.29. The molecule has 0 bridgehead atoms. The van der Waals surface area contributed by atoms with Crippen molar-refractivity contribution >= 4 is 11.0 Å². The van der Waals surface area contributed by atoms with Crippen molar-refractivity contribution < 1.29 is 0 Å². The number of rotatable bonds is 2.